The molecule has 2 aromatic rings. The quantitative estimate of drug-likeness (QED) is 0.580. The Balaban J connectivity index is 2.39. The van der Waals surface area contributed by atoms with Crippen molar-refractivity contribution in [3.05, 3.63) is 59.9 Å². The van der Waals surface area contributed by atoms with Crippen molar-refractivity contribution in [3.63, 3.8) is 0 Å². The largest absolute Gasteiger partial charge is 0.497 e. The number of likely N-dealkylation sites (N-methyl/N-ethyl adjacent to an activating group) is 1. The van der Waals surface area contributed by atoms with E-state index in [4.69, 9.17) is 4.74 Å². The van der Waals surface area contributed by atoms with Crippen molar-refractivity contribution in [1.82, 2.24) is 10.2 Å². The fourth-order valence-electron chi connectivity index (χ4n) is 3.23. The summed E-state index contributed by atoms with van der Waals surface area (Å²) < 4.78 is 44.2. The van der Waals surface area contributed by atoms with Crippen molar-refractivity contribution in [1.29, 1.82) is 0 Å². The summed E-state index contributed by atoms with van der Waals surface area (Å²) in [7, 11) is -0.838. The zero-order chi connectivity index (χ0) is 23.9. The van der Waals surface area contributed by atoms with Crippen molar-refractivity contribution in [2.45, 2.75) is 25.9 Å². The van der Waals surface area contributed by atoms with Crippen molar-refractivity contribution in [2.24, 2.45) is 0 Å². The third-order valence-corrected chi connectivity index (χ3v) is 6.08. The monoisotopic (exact) mass is 465 g/mol. The van der Waals surface area contributed by atoms with E-state index in [2.05, 4.69) is 5.32 Å². The van der Waals surface area contributed by atoms with Crippen LogP contribution in [0.15, 0.2) is 48.5 Å². The first-order chi connectivity index (χ1) is 15.1. The highest BCUT2D eigenvalue weighted by molar-refractivity contribution is 7.92. The molecule has 0 bridgehead atoms. The predicted octanol–water partition coefficient (Wildman–Crippen LogP) is 2.15. The molecule has 0 aliphatic carbocycles. The van der Waals surface area contributed by atoms with Crippen molar-refractivity contribution in [2.75, 3.05) is 31.3 Å². The molecule has 0 fully saturated rings. The number of nitrogens with zero attached hydrogens (tertiary/aromatic N) is 2. The number of carbonyl (C=O) groups excluding carboxylic acids is 2. The molecule has 2 aromatic carbocycles. The zero-order valence-electron chi connectivity index (χ0n) is 18.5. The van der Waals surface area contributed by atoms with Gasteiger partial charge >= 0.3 is 0 Å². The maximum Gasteiger partial charge on any atom is 0.244 e. The molecule has 2 amide bonds. The fourth-order valence-corrected chi connectivity index (χ4v) is 4.08. The zero-order valence-corrected chi connectivity index (χ0v) is 19.4. The summed E-state index contributed by atoms with van der Waals surface area (Å²) in [4.78, 5) is 27.2. The second kappa shape index (κ2) is 10.9. The highest BCUT2D eigenvalue weighted by Gasteiger charge is 2.31. The van der Waals surface area contributed by atoms with Gasteiger partial charge < -0.3 is 15.0 Å². The average molecular weight is 466 g/mol. The molecule has 174 valence electrons. The Hall–Kier alpha value is -3.14. The topological polar surface area (TPSA) is 96.0 Å². The van der Waals surface area contributed by atoms with Crippen LogP contribution in [0.3, 0.4) is 0 Å². The van der Waals surface area contributed by atoms with Gasteiger partial charge in [-0.15, -0.1) is 0 Å². The average Bonchev–Trinajstić information content (AvgIpc) is 2.77. The van der Waals surface area contributed by atoms with E-state index in [0.717, 1.165) is 28.3 Å². The molecule has 1 N–H and O–H groups in total. The summed E-state index contributed by atoms with van der Waals surface area (Å²) in [6, 6.07) is 11.0. The van der Waals surface area contributed by atoms with Crippen molar-refractivity contribution < 1.29 is 27.1 Å². The minimum atomic E-state index is -3.85. The van der Waals surface area contributed by atoms with Gasteiger partial charge in [-0.25, -0.2) is 12.8 Å². The number of methoxy groups -OCH3 is 1. The van der Waals surface area contributed by atoms with Crippen molar-refractivity contribution in [3.8, 4) is 5.75 Å². The van der Waals surface area contributed by atoms with E-state index in [1.165, 1.54) is 24.1 Å². The summed E-state index contributed by atoms with van der Waals surface area (Å²) >= 11 is 0. The smallest absolute Gasteiger partial charge is 0.244 e. The third kappa shape index (κ3) is 6.43. The van der Waals surface area contributed by atoms with Crippen LogP contribution in [0.25, 0.3) is 0 Å². The van der Waals surface area contributed by atoms with Gasteiger partial charge in [-0.2, -0.15) is 0 Å². The van der Waals surface area contributed by atoms with Gasteiger partial charge in [-0.3, -0.25) is 13.9 Å². The number of amides is 2. The number of hydrogen-bond acceptors (Lipinski definition) is 5. The minimum Gasteiger partial charge on any atom is -0.497 e. The van der Waals surface area contributed by atoms with E-state index in [0.29, 0.717) is 12.2 Å². The first-order valence-corrected chi connectivity index (χ1v) is 11.8. The first-order valence-electron chi connectivity index (χ1n) is 9.98. The van der Waals surface area contributed by atoms with Crippen LogP contribution in [-0.4, -0.2) is 58.1 Å². The number of nitrogens with one attached hydrogen (secondary N) is 1. The van der Waals surface area contributed by atoms with Crippen LogP contribution >= 0.6 is 0 Å². The van der Waals surface area contributed by atoms with Crippen LogP contribution in [0.4, 0.5) is 10.1 Å². The molecule has 0 saturated heterocycles. The molecule has 0 aliphatic heterocycles. The maximum absolute atomic E-state index is 13.3. The molecular formula is C22H28FN3O5S. The van der Waals surface area contributed by atoms with Crippen LogP contribution in [0.1, 0.15) is 18.9 Å². The lowest BCUT2D eigenvalue weighted by atomic mass is 10.1. The molecular weight excluding hydrogens is 437 g/mol. The molecule has 0 aliphatic rings. The van der Waals surface area contributed by atoms with Crippen LogP contribution in [0, 0.1) is 5.82 Å². The lowest BCUT2D eigenvalue weighted by Gasteiger charge is -2.32. The Bertz CT molecular complexity index is 1030. The normalized spacial score (nSPS) is 12.0. The lowest BCUT2D eigenvalue weighted by Crippen LogP contribution is -2.51. The van der Waals surface area contributed by atoms with Gasteiger partial charge in [0.05, 0.1) is 19.1 Å². The molecule has 0 saturated carbocycles. The Labute approximate surface area is 188 Å². The first kappa shape index (κ1) is 25.1. The van der Waals surface area contributed by atoms with Gasteiger partial charge in [0.1, 0.15) is 24.2 Å². The molecule has 1 unspecified atom stereocenters. The Morgan fingerprint density at radius 2 is 1.69 bits per heavy atom. The lowest BCUT2D eigenvalue weighted by molar-refractivity contribution is -0.140. The van der Waals surface area contributed by atoms with E-state index in [-0.39, 0.29) is 18.1 Å². The van der Waals surface area contributed by atoms with Gasteiger partial charge in [-0.1, -0.05) is 19.1 Å². The Morgan fingerprint density at radius 1 is 1.09 bits per heavy atom. The second-order valence-electron chi connectivity index (χ2n) is 7.15. The summed E-state index contributed by atoms with van der Waals surface area (Å²) in [5.74, 6) is -0.807. The summed E-state index contributed by atoms with van der Waals surface area (Å²) in [6.45, 7) is 1.33. The Kier molecular flexibility index (Phi) is 8.59. The minimum absolute atomic E-state index is 0.0930. The number of ether oxygens (including phenoxy) is 1. The van der Waals surface area contributed by atoms with E-state index in [1.807, 2.05) is 0 Å². The molecule has 32 heavy (non-hydrogen) atoms. The van der Waals surface area contributed by atoms with Gasteiger partial charge in [-0.05, 0) is 48.4 Å². The van der Waals surface area contributed by atoms with Gasteiger partial charge in [0.2, 0.25) is 21.8 Å². The van der Waals surface area contributed by atoms with Crippen molar-refractivity contribution >= 4 is 27.5 Å². The van der Waals surface area contributed by atoms with Crippen LogP contribution < -0.4 is 14.4 Å². The SMILES string of the molecule is CCC(C(=O)NC)N(Cc1ccc(OC)cc1)C(=O)CN(c1ccc(F)cc1)S(C)(=O)=O. The predicted molar refractivity (Wildman–Crippen MR) is 120 cm³/mol. The number of hydrogen-bond donors (Lipinski definition) is 1. The maximum atomic E-state index is 13.3. The van der Waals surface area contributed by atoms with Gasteiger partial charge in [0.15, 0.2) is 0 Å². The second-order valence-corrected chi connectivity index (χ2v) is 9.06. The molecule has 10 heteroatoms. The molecule has 0 heterocycles. The van der Waals surface area contributed by atoms with Crippen LogP contribution in [0.5, 0.6) is 5.75 Å². The van der Waals surface area contributed by atoms with E-state index < -0.39 is 34.3 Å². The van der Waals surface area contributed by atoms with E-state index in [1.54, 1.807) is 38.3 Å². The van der Waals surface area contributed by atoms with E-state index in [9.17, 15) is 22.4 Å². The number of carbonyl (C=O) groups is 2. The molecule has 2 rings (SSSR count). The Morgan fingerprint density at radius 3 is 2.16 bits per heavy atom. The molecule has 0 spiro atoms. The number of sulfonamides is 1. The fraction of sp³-hybridized carbons (Fsp3) is 0.364. The van der Waals surface area contributed by atoms with E-state index >= 15 is 0 Å². The van der Waals surface area contributed by atoms with Gasteiger partial charge in [0.25, 0.3) is 0 Å². The third-order valence-electron chi connectivity index (χ3n) is 4.94. The molecule has 0 radical (unpaired) electrons. The highest BCUT2D eigenvalue weighted by atomic mass is 32.2. The standard InChI is InChI=1S/C22H28FN3O5S/c1-5-20(22(28)24-2)25(14-16-6-12-19(31-3)13-7-16)21(27)15-26(32(4,29)30)18-10-8-17(23)9-11-18/h6-13,20H,5,14-15H2,1-4H3,(H,24,28). The summed E-state index contributed by atoms with van der Waals surface area (Å²) in [6.07, 6.45) is 1.30. The summed E-state index contributed by atoms with van der Waals surface area (Å²) in [5, 5.41) is 2.55. The number of halogens is 1. The highest BCUT2D eigenvalue weighted by Crippen LogP contribution is 2.21. The number of benzene rings is 2. The van der Waals surface area contributed by atoms with Gasteiger partial charge in [0, 0.05) is 13.6 Å². The number of rotatable bonds is 10. The molecule has 0 aromatic heterocycles. The van der Waals surface area contributed by atoms with Crippen LogP contribution in [0.2, 0.25) is 0 Å². The number of anilines is 1. The molecule has 8 nitrogen and oxygen atoms in total. The summed E-state index contributed by atoms with van der Waals surface area (Å²) in [5.41, 5.74) is 0.897. The molecule has 1 atom stereocenters. The van der Waals surface area contributed by atoms with Crippen LogP contribution in [-0.2, 0) is 26.2 Å².